The minimum absolute atomic E-state index is 0.255. The largest absolute Gasteiger partial charge is 0.468 e. The van der Waals surface area contributed by atoms with Crippen LogP contribution in [0, 0.1) is 6.92 Å². The van der Waals surface area contributed by atoms with Gasteiger partial charge < -0.3 is 14.4 Å². The van der Waals surface area contributed by atoms with Gasteiger partial charge >= 0.3 is 11.9 Å². The third kappa shape index (κ3) is 4.39. The van der Waals surface area contributed by atoms with Crippen molar-refractivity contribution in [1.82, 2.24) is 9.88 Å². The Hall–Kier alpha value is -2.61. The lowest BCUT2D eigenvalue weighted by Gasteiger charge is -2.30. The lowest BCUT2D eigenvalue weighted by Crippen LogP contribution is -2.46. The third-order valence-corrected chi connectivity index (χ3v) is 5.44. The predicted molar refractivity (Wildman–Crippen MR) is 102 cm³/mol. The lowest BCUT2D eigenvalue weighted by molar-refractivity contribution is -0.141. The van der Waals surface area contributed by atoms with Crippen LogP contribution in [-0.4, -0.2) is 65.5 Å². The van der Waals surface area contributed by atoms with E-state index in [-0.39, 0.29) is 25.0 Å². The van der Waals surface area contributed by atoms with Gasteiger partial charge in [-0.1, -0.05) is 18.2 Å². The minimum Gasteiger partial charge on any atom is -0.468 e. The first-order chi connectivity index (χ1) is 13.0. The summed E-state index contributed by atoms with van der Waals surface area (Å²) in [6.45, 7) is 2.19. The molecule has 1 amide bonds. The van der Waals surface area contributed by atoms with E-state index in [0.29, 0.717) is 34.5 Å². The van der Waals surface area contributed by atoms with Crippen LogP contribution in [0.5, 0.6) is 0 Å². The molecule has 1 atom stereocenters. The third-order valence-electron chi connectivity index (χ3n) is 4.27. The van der Waals surface area contributed by atoms with Crippen molar-refractivity contribution in [2.45, 2.75) is 12.2 Å². The zero-order valence-corrected chi connectivity index (χ0v) is 16.0. The molecule has 1 aromatic heterocycles. The molecule has 1 aromatic carbocycles. The number of fused-ring (bicyclic) bond motifs is 1. The van der Waals surface area contributed by atoms with Gasteiger partial charge in [-0.2, -0.15) is 0 Å². The second-order valence-electron chi connectivity index (χ2n) is 6.13. The van der Waals surface area contributed by atoms with Gasteiger partial charge in [0.1, 0.15) is 5.25 Å². The molecule has 1 aliphatic rings. The number of nitrogens with zero attached hydrogens (tertiary/aromatic N) is 2. The highest BCUT2D eigenvalue weighted by atomic mass is 32.2. The topological polar surface area (TPSA) is 85.8 Å². The van der Waals surface area contributed by atoms with Crippen LogP contribution in [0.2, 0.25) is 0 Å². The van der Waals surface area contributed by atoms with Gasteiger partial charge in [0.05, 0.1) is 18.2 Å². The van der Waals surface area contributed by atoms with E-state index in [9.17, 15) is 14.4 Å². The molecule has 1 fully saturated rings. The van der Waals surface area contributed by atoms with Gasteiger partial charge in [-0.15, -0.1) is 11.8 Å². The van der Waals surface area contributed by atoms with Gasteiger partial charge in [0.2, 0.25) is 0 Å². The molecule has 0 N–H and O–H groups in total. The second kappa shape index (κ2) is 8.39. The maximum atomic E-state index is 12.5. The highest BCUT2D eigenvalue weighted by Gasteiger charge is 2.30. The number of carbonyl (C=O) groups excluding carboxylic acids is 3. The first kappa shape index (κ1) is 19.2. The zero-order valence-electron chi connectivity index (χ0n) is 15.1. The average molecular weight is 388 g/mol. The molecule has 0 aliphatic carbocycles. The number of hydrogen-bond acceptors (Lipinski definition) is 7. The van der Waals surface area contributed by atoms with Crippen molar-refractivity contribution in [1.29, 1.82) is 0 Å². The summed E-state index contributed by atoms with van der Waals surface area (Å²) in [7, 11) is 1.33. The SMILES string of the molecule is COC(=O)[C@H]1CN(C(=O)COC(=O)c2cc(C)nc3ccccc23)CCS1. The first-order valence-corrected chi connectivity index (χ1v) is 9.55. The molecule has 7 nitrogen and oxygen atoms in total. The van der Waals surface area contributed by atoms with Crippen molar-refractivity contribution in [3.05, 3.63) is 41.6 Å². The maximum Gasteiger partial charge on any atom is 0.339 e. The quantitative estimate of drug-likeness (QED) is 0.739. The Balaban J connectivity index is 1.66. The number of amides is 1. The molecule has 0 bridgehead atoms. The molecule has 142 valence electrons. The standard InChI is InChI=1S/C19H20N2O5S/c1-12-9-14(13-5-3-4-6-15(13)20-12)18(23)26-11-17(22)21-7-8-27-16(10-21)19(24)25-2/h3-6,9,16H,7-8,10-11H2,1-2H3/t16-/m1/s1. The molecule has 0 radical (unpaired) electrons. The number of hydrogen-bond donors (Lipinski definition) is 0. The number of pyridine rings is 1. The fraction of sp³-hybridized carbons (Fsp3) is 0.368. The molecular formula is C19H20N2O5S. The van der Waals surface area contributed by atoms with Gasteiger partial charge in [-0.25, -0.2) is 4.79 Å². The number of para-hydroxylation sites is 1. The van der Waals surface area contributed by atoms with Crippen molar-refractivity contribution in [2.75, 3.05) is 32.6 Å². The summed E-state index contributed by atoms with van der Waals surface area (Å²) >= 11 is 1.46. The van der Waals surface area contributed by atoms with E-state index in [2.05, 4.69) is 4.98 Å². The number of aromatic nitrogens is 1. The average Bonchev–Trinajstić information content (AvgIpc) is 2.70. The molecule has 1 aliphatic heterocycles. The van der Waals surface area contributed by atoms with Crippen LogP contribution in [0.25, 0.3) is 10.9 Å². The van der Waals surface area contributed by atoms with Crippen LogP contribution >= 0.6 is 11.8 Å². The van der Waals surface area contributed by atoms with Crippen LogP contribution in [-0.2, 0) is 19.1 Å². The smallest absolute Gasteiger partial charge is 0.339 e. The maximum absolute atomic E-state index is 12.5. The van der Waals surface area contributed by atoms with Crippen LogP contribution in [0.3, 0.4) is 0 Å². The molecule has 0 spiro atoms. The summed E-state index contributed by atoms with van der Waals surface area (Å²) in [5.74, 6) is -0.616. The van der Waals surface area contributed by atoms with Crippen LogP contribution in [0.4, 0.5) is 0 Å². The lowest BCUT2D eigenvalue weighted by atomic mass is 10.1. The Morgan fingerprint density at radius 1 is 1.30 bits per heavy atom. The number of aryl methyl sites for hydroxylation is 1. The Morgan fingerprint density at radius 2 is 2.07 bits per heavy atom. The number of thioether (sulfide) groups is 1. The number of rotatable bonds is 4. The number of methoxy groups -OCH3 is 1. The predicted octanol–water partition coefficient (Wildman–Crippen LogP) is 1.82. The Morgan fingerprint density at radius 3 is 2.85 bits per heavy atom. The summed E-state index contributed by atoms with van der Waals surface area (Å²) in [6, 6.07) is 8.94. The monoisotopic (exact) mass is 388 g/mol. The van der Waals surface area contributed by atoms with Crippen molar-refractivity contribution < 1.29 is 23.9 Å². The Kier molecular flexibility index (Phi) is 5.95. The van der Waals surface area contributed by atoms with Crippen LogP contribution in [0.1, 0.15) is 16.1 Å². The molecule has 8 heteroatoms. The van der Waals surface area contributed by atoms with Gasteiger partial charge in [0.15, 0.2) is 6.61 Å². The number of carbonyl (C=O) groups is 3. The fourth-order valence-corrected chi connectivity index (χ4v) is 4.05. The number of ether oxygens (including phenoxy) is 2. The van der Waals surface area contributed by atoms with E-state index in [4.69, 9.17) is 9.47 Å². The van der Waals surface area contributed by atoms with Crippen molar-refractivity contribution in [2.24, 2.45) is 0 Å². The van der Waals surface area contributed by atoms with E-state index < -0.39 is 11.2 Å². The highest BCUT2D eigenvalue weighted by Crippen LogP contribution is 2.21. The molecular weight excluding hydrogens is 368 g/mol. The van der Waals surface area contributed by atoms with Gasteiger partial charge in [-0.3, -0.25) is 14.6 Å². The summed E-state index contributed by atoms with van der Waals surface area (Å²) < 4.78 is 9.98. The Labute approximate surface area is 161 Å². The first-order valence-electron chi connectivity index (χ1n) is 8.50. The van der Waals surface area contributed by atoms with Crippen molar-refractivity contribution in [3.63, 3.8) is 0 Å². The summed E-state index contributed by atoms with van der Waals surface area (Å²) in [5, 5.41) is 0.274. The van der Waals surface area contributed by atoms with Crippen LogP contribution < -0.4 is 0 Å². The van der Waals surface area contributed by atoms with Crippen molar-refractivity contribution >= 4 is 40.5 Å². The second-order valence-corrected chi connectivity index (χ2v) is 7.44. The molecule has 2 aromatic rings. The number of benzene rings is 1. The Bertz CT molecular complexity index is 886. The van der Waals surface area contributed by atoms with E-state index >= 15 is 0 Å². The highest BCUT2D eigenvalue weighted by molar-refractivity contribution is 8.00. The summed E-state index contributed by atoms with van der Waals surface area (Å²) in [6.07, 6.45) is 0. The minimum atomic E-state index is -0.569. The van der Waals surface area contributed by atoms with E-state index in [1.807, 2.05) is 18.2 Å². The normalized spacial score (nSPS) is 16.8. The summed E-state index contributed by atoms with van der Waals surface area (Å²) in [5.41, 5.74) is 1.78. The molecule has 27 heavy (non-hydrogen) atoms. The van der Waals surface area contributed by atoms with Crippen molar-refractivity contribution in [3.8, 4) is 0 Å². The summed E-state index contributed by atoms with van der Waals surface area (Å²) in [4.78, 5) is 42.5. The fourth-order valence-electron chi connectivity index (χ4n) is 2.92. The molecule has 2 heterocycles. The van der Waals surface area contributed by atoms with Gasteiger partial charge in [0.25, 0.3) is 5.91 Å². The molecule has 0 saturated carbocycles. The molecule has 1 saturated heterocycles. The van der Waals surface area contributed by atoms with E-state index in [1.54, 1.807) is 19.1 Å². The van der Waals surface area contributed by atoms with E-state index in [0.717, 1.165) is 0 Å². The van der Waals surface area contributed by atoms with Gasteiger partial charge in [0, 0.05) is 29.9 Å². The molecule has 3 rings (SSSR count). The van der Waals surface area contributed by atoms with E-state index in [1.165, 1.54) is 23.8 Å². The van der Waals surface area contributed by atoms with Crippen LogP contribution in [0.15, 0.2) is 30.3 Å². The zero-order chi connectivity index (χ0) is 19.4. The molecule has 0 unspecified atom stereocenters. The number of esters is 2. The van der Waals surface area contributed by atoms with Gasteiger partial charge in [-0.05, 0) is 19.1 Å².